The molecule has 7 heteroatoms. The van der Waals surface area contributed by atoms with Gasteiger partial charge in [-0.25, -0.2) is 4.79 Å². The molecule has 3 heterocycles. The van der Waals surface area contributed by atoms with Gasteiger partial charge in [-0.05, 0) is 25.3 Å². The molecule has 0 unspecified atom stereocenters. The van der Waals surface area contributed by atoms with Gasteiger partial charge in [0.15, 0.2) is 5.66 Å². The van der Waals surface area contributed by atoms with E-state index in [0.29, 0.717) is 44.5 Å². The highest BCUT2D eigenvalue weighted by molar-refractivity contribution is 5.98. The monoisotopic (exact) mass is 328 g/mol. The van der Waals surface area contributed by atoms with Crippen molar-refractivity contribution in [3.8, 4) is 12.3 Å². The fourth-order valence-corrected chi connectivity index (χ4v) is 3.18. The Morgan fingerprint density at radius 1 is 1.38 bits per heavy atom. The second-order valence-electron chi connectivity index (χ2n) is 6.20. The molecular weight excluding hydrogens is 308 g/mol. The number of aromatic carboxylic acids is 1. The Balaban J connectivity index is 1.63. The summed E-state index contributed by atoms with van der Waals surface area (Å²) in [5.41, 5.74) is 0.975. The molecule has 1 aromatic rings. The molecule has 0 fully saturated rings. The van der Waals surface area contributed by atoms with Gasteiger partial charge in [0.25, 0.3) is 5.91 Å². The van der Waals surface area contributed by atoms with Gasteiger partial charge in [-0.15, -0.1) is 12.3 Å². The third-order valence-electron chi connectivity index (χ3n) is 4.58. The molecule has 7 nitrogen and oxygen atoms in total. The summed E-state index contributed by atoms with van der Waals surface area (Å²) >= 11 is 0. The topological polar surface area (TPSA) is 96.1 Å². The molecule has 0 spiro atoms. The third kappa shape index (κ3) is 3.18. The van der Waals surface area contributed by atoms with Gasteiger partial charge in [-0.3, -0.25) is 4.79 Å². The SMILES string of the molecule is C#CCCC1(CCNC(=O)c2cc(C(=O)O)c3n2CCCC3)N=N1. The standard InChI is InChI=1S/C17H20N4O3/c1-2-3-7-17(19-20-17)8-9-18-15(22)14-11-12(16(23)24)13-6-4-5-10-21(13)14/h1,11H,3-10H2,(H,18,22)(H,23,24). The van der Waals surface area contributed by atoms with Crippen LogP contribution in [0.4, 0.5) is 0 Å². The Morgan fingerprint density at radius 3 is 2.83 bits per heavy atom. The first-order valence-electron chi connectivity index (χ1n) is 8.18. The number of amides is 1. The number of hydrogen-bond donors (Lipinski definition) is 2. The number of aromatic nitrogens is 1. The summed E-state index contributed by atoms with van der Waals surface area (Å²) in [6, 6.07) is 1.48. The summed E-state index contributed by atoms with van der Waals surface area (Å²) in [5.74, 6) is 1.34. The highest BCUT2D eigenvalue weighted by Crippen LogP contribution is 2.36. The van der Waals surface area contributed by atoms with Crippen LogP contribution in [0.25, 0.3) is 0 Å². The summed E-state index contributed by atoms with van der Waals surface area (Å²) in [4.78, 5) is 23.8. The highest BCUT2D eigenvalue weighted by atomic mass is 16.4. The van der Waals surface area contributed by atoms with Gasteiger partial charge >= 0.3 is 5.97 Å². The number of fused-ring (bicyclic) bond motifs is 1. The van der Waals surface area contributed by atoms with Crippen LogP contribution in [0.5, 0.6) is 0 Å². The molecule has 0 saturated heterocycles. The first-order valence-corrected chi connectivity index (χ1v) is 8.18. The Kier molecular flexibility index (Phi) is 4.38. The molecule has 0 aliphatic carbocycles. The third-order valence-corrected chi connectivity index (χ3v) is 4.58. The van der Waals surface area contributed by atoms with E-state index < -0.39 is 11.6 Å². The summed E-state index contributed by atoms with van der Waals surface area (Å²) in [5, 5.41) is 20.2. The van der Waals surface area contributed by atoms with Crippen molar-refractivity contribution >= 4 is 11.9 Å². The van der Waals surface area contributed by atoms with Crippen LogP contribution in [-0.4, -0.2) is 33.8 Å². The molecule has 2 aliphatic heterocycles. The second-order valence-corrected chi connectivity index (χ2v) is 6.20. The highest BCUT2D eigenvalue weighted by Gasteiger charge is 2.38. The smallest absolute Gasteiger partial charge is 0.337 e. The fourth-order valence-electron chi connectivity index (χ4n) is 3.18. The van der Waals surface area contributed by atoms with Crippen molar-refractivity contribution in [3.63, 3.8) is 0 Å². The summed E-state index contributed by atoms with van der Waals surface area (Å²) in [7, 11) is 0. The van der Waals surface area contributed by atoms with Crippen molar-refractivity contribution in [3.05, 3.63) is 23.0 Å². The molecule has 0 saturated carbocycles. The van der Waals surface area contributed by atoms with Gasteiger partial charge in [0.05, 0.1) is 5.56 Å². The Labute approximate surface area is 140 Å². The number of terminal acetylenes is 1. The first kappa shape index (κ1) is 16.2. The van der Waals surface area contributed by atoms with Gasteiger partial charge in [0.2, 0.25) is 0 Å². The van der Waals surface area contributed by atoms with Crippen LogP contribution in [0.2, 0.25) is 0 Å². The lowest BCUT2D eigenvalue weighted by Crippen LogP contribution is -2.30. The van der Waals surface area contributed by atoms with Crippen LogP contribution in [-0.2, 0) is 13.0 Å². The molecule has 0 aromatic carbocycles. The molecular formula is C17H20N4O3. The van der Waals surface area contributed by atoms with Crippen LogP contribution in [0.15, 0.2) is 16.3 Å². The lowest BCUT2D eigenvalue weighted by atomic mass is 10.0. The molecule has 3 rings (SSSR count). The van der Waals surface area contributed by atoms with Gasteiger partial charge in [-0.2, -0.15) is 10.2 Å². The van der Waals surface area contributed by atoms with E-state index in [1.165, 1.54) is 6.07 Å². The summed E-state index contributed by atoms with van der Waals surface area (Å²) < 4.78 is 1.84. The van der Waals surface area contributed by atoms with E-state index in [9.17, 15) is 14.7 Å². The van der Waals surface area contributed by atoms with Crippen LogP contribution < -0.4 is 5.32 Å². The fraction of sp³-hybridized carbons (Fsp3) is 0.529. The van der Waals surface area contributed by atoms with Gasteiger partial charge < -0.3 is 15.0 Å². The minimum Gasteiger partial charge on any atom is -0.478 e. The van der Waals surface area contributed by atoms with E-state index in [-0.39, 0.29) is 11.5 Å². The van der Waals surface area contributed by atoms with Crippen molar-refractivity contribution < 1.29 is 14.7 Å². The average molecular weight is 328 g/mol. The molecule has 1 amide bonds. The lowest BCUT2D eigenvalue weighted by molar-refractivity contribution is 0.0695. The Hall–Kier alpha value is -2.62. The number of carbonyl (C=O) groups is 2. The van der Waals surface area contributed by atoms with Crippen molar-refractivity contribution in [2.24, 2.45) is 10.2 Å². The number of hydrogen-bond acceptors (Lipinski definition) is 4. The molecule has 24 heavy (non-hydrogen) atoms. The molecule has 2 aliphatic rings. The van der Waals surface area contributed by atoms with E-state index in [4.69, 9.17) is 6.42 Å². The zero-order valence-corrected chi connectivity index (χ0v) is 13.4. The summed E-state index contributed by atoms with van der Waals surface area (Å²) in [6.07, 6.45) is 9.77. The van der Waals surface area contributed by atoms with Crippen molar-refractivity contribution in [1.29, 1.82) is 0 Å². The van der Waals surface area contributed by atoms with E-state index in [0.717, 1.165) is 18.5 Å². The van der Waals surface area contributed by atoms with Crippen LogP contribution >= 0.6 is 0 Å². The number of rotatable bonds is 7. The van der Waals surface area contributed by atoms with Crippen LogP contribution in [0.3, 0.4) is 0 Å². The summed E-state index contributed by atoms with van der Waals surface area (Å²) in [6.45, 7) is 1.11. The molecule has 0 atom stereocenters. The lowest BCUT2D eigenvalue weighted by Gasteiger charge is -2.18. The van der Waals surface area contributed by atoms with Crippen molar-refractivity contribution in [2.75, 3.05) is 6.54 Å². The molecule has 0 bridgehead atoms. The molecule has 1 aromatic heterocycles. The molecule has 0 radical (unpaired) electrons. The van der Waals surface area contributed by atoms with E-state index in [2.05, 4.69) is 21.5 Å². The second kappa shape index (κ2) is 6.48. The minimum atomic E-state index is -0.983. The zero-order chi connectivity index (χ0) is 17.2. The number of carboxylic acids is 1. The van der Waals surface area contributed by atoms with E-state index in [1.54, 1.807) is 0 Å². The normalized spacial score (nSPS) is 17.0. The average Bonchev–Trinajstić information content (AvgIpc) is 3.23. The first-order chi connectivity index (χ1) is 11.6. The van der Waals surface area contributed by atoms with Gasteiger partial charge in [0.1, 0.15) is 5.69 Å². The van der Waals surface area contributed by atoms with E-state index >= 15 is 0 Å². The van der Waals surface area contributed by atoms with Gasteiger partial charge in [0, 0.05) is 38.0 Å². The predicted molar refractivity (Wildman–Crippen MR) is 86.9 cm³/mol. The number of nitrogens with zero attached hydrogens (tertiary/aromatic N) is 3. The minimum absolute atomic E-state index is 0.234. The van der Waals surface area contributed by atoms with E-state index in [1.807, 2.05) is 4.57 Å². The Morgan fingerprint density at radius 2 is 2.17 bits per heavy atom. The van der Waals surface area contributed by atoms with Crippen molar-refractivity contribution in [2.45, 2.75) is 50.7 Å². The van der Waals surface area contributed by atoms with Crippen LogP contribution in [0, 0.1) is 12.3 Å². The Bertz CT molecular complexity index is 736. The predicted octanol–water partition coefficient (Wildman–Crippen LogP) is 2.22. The largest absolute Gasteiger partial charge is 0.478 e. The zero-order valence-electron chi connectivity index (χ0n) is 13.4. The maximum absolute atomic E-state index is 12.5. The van der Waals surface area contributed by atoms with Gasteiger partial charge in [-0.1, -0.05) is 0 Å². The maximum atomic E-state index is 12.5. The quantitative estimate of drug-likeness (QED) is 0.751. The molecule has 2 N–H and O–H groups in total. The maximum Gasteiger partial charge on any atom is 0.337 e. The number of carboxylic acid groups (broad SMARTS) is 1. The number of carbonyl (C=O) groups excluding carboxylic acids is 1. The van der Waals surface area contributed by atoms with Crippen LogP contribution in [0.1, 0.15) is 58.6 Å². The molecule has 126 valence electrons. The van der Waals surface area contributed by atoms with Crippen molar-refractivity contribution in [1.82, 2.24) is 9.88 Å². The number of nitrogens with one attached hydrogen (secondary N) is 1.